The molecular weight excluding hydrogens is 552 g/mol. The lowest BCUT2D eigenvalue weighted by Crippen LogP contribution is -2.38. The molecule has 1 aliphatic heterocycles. The van der Waals surface area contributed by atoms with Crippen LogP contribution in [-0.2, 0) is 29.7 Å². The summed E-state index contributed by atoms with van der Waals surface area (Å²) in [6.07, 6.45) is -0.912. The lowest BCUT2D eigenvalue weighted by atomic mass is 9.91. The number of carbonyl (C=O) groups excluding carboxylic acids is 1. The summed E-state index contributed by atoms with van der Waals surface area (Å²) in [7, 11) is 1.82. The van der Waals surface area contributed by atoms with Crippen molar-refractivity contribution in [3.63, 3.8) is 0 Å². The standard InChI is InChI=1S/C31H36N6O4S/c1-4-32-30(39)33-17-25-7-5-6-8-26(25)22-13-15-24(16-14-22)29-40-27(19-42-31-34-35-36-37(31)3)20(2)28(41-29)23-11-9-21(18-38)10-12-23/h5-16,20,27-29,38H,4,17-19H2,1-3H3,(H2,32,33,39)/t20-,27+,28+,29+/m1/s1. The molecule has 3 aromatic carbocycles. The van der Waals surface area contributed by atoms with Crippen LogP contribution < -0.4 is 10.6 Å². The number of carbonyl (C=O) groups is 1. The summed E-state index contributed by atoms with van der Waals surface area (Å²) in [6, 6.07) is 23.9. The van der Waals surface area contributed by atoms with Gasteiger partial charge in [-0.2, -0.15) is 0 Å². The first-order chi connectivity index (χ1) is 20.5. The van der Waals surface area contributed by atoms with E-state index in [2.05, 4.69) is 51.3 Å². The normalized spacial score (nSPS) is 20.3. The zero-order valence-corrected chi connectivity index (χ0v) is 24.8. The zero-order valence-electron chi connectivity index (χ0n) is 23.9. The highest BCUT2D eigenvalue weighted by atomic mass is 32.2. The third-order valence-corrected chi connectivity index (χ3v) is 8.47. The molecule has 11 heteroatoms. The molecular formula is C31H36N6O4S. The van der Waals surface area contributed by atoms with Crippen molar-refractivity contribution in [2.45, 2.75) is 50.7 Å². The molecule has 0 bridgehead atoms. The summed E-state index contributed by atoms with van der Waals surface area (Å²) in [4.78, 5) is 12.0. The fraction of sp³-hybridized carbons (Fsp3) is 0.355. The average Bonchev–Trinajstić information content (AvgIpc) is 3.44. The van der Waals surface area contributed by atoms with Crippen LogP contribution in [0.5, 0.6) is 0 Å². The van der Waals surface area contributed by atoms with Crippen molar-refractivity contribution in [3.8, 4) is 11.1 Å². The number of amides is 2. The Kier molecular flexibility index (Phi) is 9.85. The predicted octanol–water partition coefficient (Wildman–Crippen LogP) is 4.77. The Morgan fingerprint density at radius 3 is 2.43 bits per heavy atom. The second kappa shape index (κ2) is 13.9. The SMILES string of the molecule is CCNC(=O)NCc1ccccc1-c1ccc([C@H]2O[C@@H](CSc3nnnn3C)[C@@H](C)[C@@H](c3ccc(CO)cc3)O2)cc1. The molecule has 1 saturated heterocycles. The molecule has 0 saturated carbocycles. The van der Waals surface area contributed by atoms with Gasteiger partial charge < -0.3 is 25.2 Å². The zero-order chi connectivity index (χ0) is 29.5. The van der Waals surface area contributed by atoms with Gasteiger partial charge in [0.2, 0.25) is 5.16 Å². The van der Waals surface area contributed by atoms with Gasteiger partial charge >= 0.3 is 6.03 Å². The van der Waals surface area contributed by atoms with Crippen LogP contribution in [0.3, 0.4) is 0 Å². The first-order valence-corrected chi connectivity index (χ1v) is 15.0. The number of tetrazole rings is 1. The predicted molar refractivity (Wildman–Crippen MR) is 160 cm³/mol. The molecule has 10 nitrogen and oxygen atoms in total. The maximum Gasteiger partial charge on any atom is 0.315 e. The van der Waals surface area contributed by atoms with Crippen molar-refractivity contribution in [1.82, 2.24) is 30.8 Å². The van der Waals surface area contributed by atoms with Gasteiger partial charge in [0, 0.05) is 37.4 Å². The summed E-state index contributed by atoms with van der Waals surface area (Å²) in [6.45, 7) is 5.02. The summed E-state index contributed by atoms with van der Waals surface area (Å²) in [5.41, 5.74) is 5.91. The Balaban J connectivity index is 1.37. The van der Waals surface area contributed by atoms with Gasteiger partial charge in [0.1, 0.15) is 0 Å². The number of hydrogen-bond donors (Lipinski definition) is 3. The second-order valence-electron chi connectivity index (χ2n) is 10.2. The first kappa shape index (κ1) is 29.7. The minimum atomic E-state index is -0.573. The Bertz CT molecular complexity index is 1460. The van der Waals surface area contributed by atoms with Crippen molar-refractivity contribution in [3.05, 3.63) is 95.1 Å². The minimum absolute atomic E-state index is 0.00439. The van der Waals surface area contributed by atoms with E-state index in [9.17, 15) is 9.90 Å². The summed E-state index contributed by atoms with van der Waals surface area (Å²) >= 11 is 1.55. The van der Waals surface area contributed by atoms with E-state index in [-0.39, 0.29) is 30.8 Å². The van der Waals surface area contributed by atoms with Crippen LogP contribution in [0.2, 0.25) is 0 Å². The second-order valence-corrected chi connectivity index (χ2v) is 11.2. The van der Waals surface area contributed by atoms with Gasteiger partial charge in [0.05, 0.1) is 18.8 Å². The van der Waals surface area contributed by atoms with E-state index < -0.39 is 6.29 Å². The Hall–Kier alpha value is -3.77. The van der Waals surface area contributed by atoms with Gasteiger partial charge in [0.25, 0.3) is 0 Å². The van der Waals surface area contributed by atoms with Gasteiger partial charge in [-0.1, -0.05) is 91.5 Å². The van der Waals surface area contributed by atoms with E-state index >= 15 is 0 Å². The number of aromatic nitrogens is 4. The molecule has 1 aromatic heterocycles. The molecule has 1 fully saturated rings. The Morgan fingerprint density at radius 1 is 1.00 bits per heavy atom. The summed E-state index contributed by atoms with van der Waals surface area (Å²) in [5, 5.41) is 27.7. The van der Waals surface area contributed by atoms with Gasteiger partial charge in [-0.3, -0.25) is 0 Å². The van der Waals surface area contributed by atoms with Gasteiger partial charge in [-0.25, -0.2) is 9.48 Å². The van der Waals surface area contributed by atoms with Crippen LogP contribution in [0.15, 0.2) is 78.0 Å². The van der Waals surface area contributed by atoms with Gasteiger partial charge in [-0.05, 0) is 45.2 Å². The highest BCUT2D eigenvalue weighted by Crippen LogP contribution is 2.43. The third-order valence-electron chi connectivity index (χ3n) is 7.37. The minimum Gasteiger partial charge on any atom is -0.392 e. The maximum absolute atomic E-state index is 12.0. The molecule has 4 atom stereocenters. The highest BCUT2D eigenvalue weighted by molar-refractivity contribution is 7.99. The number of nitrogens with zero attached hydrogens (tertiary/aromatic N) is 4. The summed E-state index contributed by atoms with van der Waals surface area (Å²) < 4.78 is 14.8. The lowest BCUT2D eigenvalue weighted by molar-refractivity contribution is -0.268. The van der Waals surface area contributed by atoms with Crippen LogP contribution in [0.1, 0.15) is 48.5 Å². The van der Waals surface area contributed by atoms with Crippen LogP contribution in [-0.4, -0.2) is 49.7 Å². The largest absolute Gasteiger partial charge is 0.392 e. The molecule has 42 heavy (non-hydrogen) atoms. The first-order valence-electron chi connectivity index (χ1n) is 14.0. The monoisotopic (exact) mass is 588 g/mol. The molecule has 0 unspecified atom stereocenters. The van der Waals surface area contributed by atoms with E-state index in [0.29, 0.717) is 18.8 Å². The average molecular weight is 589 g/mol. The molecule has 220 valence electrons. The topological polar surface area (TPSA) is 123 Å². The quantitative estimate of drug-likeness (QED) is 0.226. The number of nitrogens with one attached hydrogen (secondary N) is 2. The number of aliphatic hydroxyl groups excluding tert-OH is 1. The fourth-order valence-electron chi connectivity index (χ4n) is 4.98. The number of aryl methyl sites for hydroxylation is 1. The van der Waals surface area contributed by atoms with Crippen molar-refractivity contribution < 1.29 is 19.4 Å². The number of benzene rings is 3. The molecule has 1 aliphatic rings. The van der Waals surface area contributed by atoms with Crippen molar-refractivity contribution in [2.75, 3.05) is 12.3 Å². The van der Waals surface area contributed by atoms with E-state index in [0.717, 1.165) is 38.5 Å². The van der Waals surface area contributed by atoms with Crippen LogP contribution >= 0.6 is 11.8 Å². The Morgan fingerprint density at radius 2 is 1.74 bits per heavy atom. The van der Waals surface area contributed by atoms with Crippen LogP contribution in [0, 0.1) is 5.92 Å². The Labute approximate surface area is 249 Å². The van der Waals surface area contributed by atoms with Crippen molar-refractivity contribution >= 4 is 17.8 Å². The van der Waals surface area contributed by atoms with E-state index in [1.807, 2.05) is 68.6 Å². The number of hydrogen-bond acceptors (Lipinski definition) is 8. The van der Waals surface area contributed by atoms with Crippen molar-refractivity contribution in [1.29, 1.82) is 0 Å². The van der Waals surface area contributed by atoms with Crippen LogP contribution in [0.4, 0.5) is 4.79 Å². The fourth-order valence-corrected chi connectivity index (χ4v) is 6.00. The highest BCUT2D eigenvalue weighted by Gasteiger charge is 2.38. The lowest BCUT2D eigenvalue weighted by Gasteiger charge is -2.41. The van der Waals surface area contributed by atoms with Gasteiger partial charge in [-0.15, -0.1) is 5.10 Å². The number of thioether (sulfide) groups is 1. The van der Waals surface area contributed by atoms with Gasteiger partial charge in [0.15, 0.2) is 6.29 Å². The smallest absolute Gasteiger partial charge is 0.315 e. The van der Waals surface area contributed by atoms with Crippen LogP contribution in [0.25, 0.3) is 11.1 Å². The number of ether oxygens (including phenoxy) is 2. The number of urea groups is 1. The molecule has 0 aliphatic carbocycles. The number of aliphatic hydroxyl groups is 1. The summed E-state index contributed by atoms with van der Waals surface area (Å²) in [5.74, 6) is 0.711. The van der Waals surface area contributed by atoms with E-state index in [1.54, 1.807) is 16.4 Å². The maximum atomic E-state index is 12.0. The van der Waals surface area contributed by atoms with E-state index in [4.69, 9.17) is 9.47 Å². The third kappa shape index (κ3) is 6.99. The molecule has 0 radical (unpaired) electrons. The molecule has 3 N–H and O–H groups in total. The van der Waals surface area contributed by atoms with Crippen molar-refractivity contribution in [2.24, 2.45) is 13.0 Å². The molecule has 0 spiro atoms. The number of rotatable bonds is 10. The molecule has 2 amide bonds. The molecule has 5 rings (SSSR count). The van der Waals surface area contributed by atoms with E-state index in [1.165, 1.54) is 0 Å². The molecule has 2 heterocycles. The molecule has 4 aromatic rings.